The molecule has 0 bridgehead atoms. The van der Waals surface area contributed by atoms with Crippen molar-refractivity contribution in [3.05, 3.63) is 46.6 Å². The minimum absolute atomic E-state index is 0.0585. The van der Waals surface area contributed by atoms with Crippen molar-refractivity contribution in [2.45, 2.75) is 22.9 Å². The van der Waals surface area contributed by atoms with Crippen LogP contribution in [0.4, 0.5) is 19.0 Å². The molecular weight excluding hydrogens is 441 g/mol. The molecule has 0 spiro atoms. The molecule has 0 aliphatic heterocycles. The van der Waals surface area contributed by atoms with Crippen LogP contribution in [0, 0.1) is 6.92 Å². The second-order valence-electron chi connectivity index (χ2n) is 5.28. The van der Waals surface area contributed by atoms with Gasteiger partial charge in [-0.1, -0.05) is 17.7 Å². The zero-order valence-corrected chi connectivity index (χ0v) is 16.5. The molecule has 0 radical (unpaired) electrons. The fourth-order valence-corrected chi connectivity index (χ4v) is 3.76. The maximum Gasteiger partial charge on any atom is 0.433 e. The molecule has 1 aromatic heterocycles. The molecule has 5 N–H and O–H groups in total. The molecule has 0 fully saturated rings. The minimum atomic E-state index is -4.64. The Balaban J connectivity index is 2.26. The lowest BCUT2D eigenvalue weighted by atomic mass is 10.2. The van der Waals surface area contributed by atoms with Gasteiger partial charge in [0.05, 0.1) is 0 Å². The second kappa shape index (κ2) is 8.43. The summed E-state index contributed by atoms with van der Waals surface area (Å²) in [4.78, 5) is 3.17. The number of thiol groups is 1. The van der Waals surface area contributed by atoms with E-state index in [0.29, 0.717) is 10.6 Å². The summed E-state index contributed by atoms with van der Waals surface area (Å²) < 4.78 is 66.4. The number of halogens is 4. The number of anilines is 1. The smallest absolute Gasteiger partial charge is 0.292 e. The van der Waals surface area contributed by atoms with Crippen LogP contribution in [0.2, 0.25) is 5.02 Å². The number of hydrazine groups is 2. The summed E-state index contributed by atoms with van der Waals surface area (Å²) in [5.41, 5.74) is 5.85. The van der Waals surface area contributed by atoms with E-state index in [0.717, 1.165) is 12.1 Å². The molecule has 14 heteroatoms. The van der Waals surface area contributed by atoms with Crippen LogP contribution in [0.25, 0.3) is 0 Å². The number of nitrogens with two attached hydrogens (primary N) is 1. The highest BCUT2D eigenvalue weighted by Crippen LogP contribution is 2.29. The molecular formula is C14H14ClF3N6O2S2. The Morgan fingerprint density at radius 2 is 2.00 bits per heavy atom. The summed E-state index contributed by atoms with van der Waals surface area (Å²) >= 11 is 9.98. The standard InChI is InChI=1S/C14H14ClF3N6O2S2/c1-7-5-10(9(27)6-8(7)15)28(25,26)24-13(21-19)23-22-12-4-2-3-11(20-12)14(16,17)18/h2-6,27H,19H2,1H3,(H,20,22)(H2,21,23,24). The molecule has 28 heavy (non-hydrogen) atoms. The molecule has 8 nitrogen and oxygen atoms in total. The van der Waals surface area contributed by atoms with Crippen molar-refractivity contribution < 1.29 is 21.6 Å². The number of pyridine rings is 1. The number of sulfonamides is 1. The van der Waals surface area contributed by atoms with Gasteiger partial charge in [0.15, 0.2) is 0 Å². The van der Waals surface area contributed by atoms with Crippen LogP contribution >= 0.6 is 24.2 Å². The van der Waals surface area contributed by atoms with E-state index < -0.39 is 27.9 Å². The highest BCUT2D eigenvalue weighted by Gasteiger charge is 2.32. The highest BCUT2D eigenvalue weighted by molar-refractivity contribution is 7.91. The summed E-state index contributed by atoms with van der Waals surface area (Å²) in [6.45, 7) is 1.60. The van der Waals surface area contributed by atoms with Crippen LogP contribution in [0.15, 0.2) is 44.5 Å². The van der Waals surface area contributed by atoms with Gasteiger partial charge in [-0.15, -0.1) is 17.0 Å². The third-order valence-corrected chi connectivity index (χ3v) is 5.46. The maximum atomic E-state index is 12.7. The molecule has 152 valence electrons. The van der Waals surface area contributed by atoms with Gasteiger partial charge in [0.1, 0.15) is 16.4 Å². The van der Waals surface area contributed by atoms with Crippen molar-refractivity contribution in [1.82, 2.24) is 15.8 Å². The van der Waals surface area contributed by atoms with Crippen molar-refractivity contribution in [2.75, 3.05) is 5.43 Å². The summed E-state index contributed by atoms with van der Waals surface area (Å²) in [5.74, 6) is 4.48. The summed E-state index contributed by atoms with van der Waals surface area (Å²) in [5, 5.41) is 0.320. The molecule has 1 heterocycles. The van der Waals surface area contributed by atoms with Crippen molar-refractivity contribution in [1.29, 1.82) is 0 Å². The van der Waals surface area contributed by atoms with Crippen molar-refractivity contribution in [3.63, 3.8) is 0 Å². The number of hydrogen-bond acceptors (Lipinski definition) is 6. The first-order chi connectivity index (χ1) is 12.9. The number of aryl methyl sites for hydroxylation is 1. The Labute approximate surface area is 168 Å². The molecule has 2 rings (SSSR count). The van der Waals surface area contributed by atoms with Crippen LogP contribution in [-0.4, -0.2) is 19.4 Å². The fraction of sp³-hybridized carbons (Fsp3) is 0.143. The Morgan fingerprint density at radius 1 is 1.32 bits per heavy atom. The van der Waals surface area contributed by atoms with E-state index >= 15 is 0 Å². The van der Waals surface area contributed by atoms with Crippen LogP contribution in [0.1, 0.15) is 11.3 Å². The zero-order valence-electron chi connectivity index (χ0n) is 14.0. The quantitative estimate of drug-likeness (QED) is 0.158. The second-order valence-corrected chi connectivity index (χ2v) is 7.75. The third kappa shape index (κ3) is 5.41. The van der Waals surface area contributed by atoms with Gasteiger partial charge in [-0.05, 0) is 36.8 Å². The van der Waals surface area contributed by atoms with Crippen molar-refractivity contribution in [2.24, 2.45) is 10.2 Å². The number of benzene rings is 1. The van der Waals surface area contributed by atoms with E-state index in [2.05, 4.69) is 32.9 Å². The number of nitrogens with one attached hydrogen (secondary N) is 3. The molecule has 0 amide bonds. The average molecular weight is 455 g/mol. The van der Waals surface area contributed by atoms with E-state index in [9.17, 15) is 21.6 Å². The topological polar surface area (TPSA) is 122 Å². The van der Waals surface area contributed by atoms with Gasteiger partial charge < -0.3 is 0 Å². The van der Waals surface area contributed by atoms with Crippen molar-refractivity contribution in [3.8, 4) is 0 Å². The van der Waals surface area contributed by atoms with Crippen LogP contribution in [0.3, 0.4) is 0 Å². The molecule has 0 atom stereocenters. The van der Waals surface area contributed by atoms with Crippen LogP contribution in [-0.2, 0) is 16.2 Å². The van der Waals surface area contributed by atoms with E-state index in [1.54, 1.807) is 6.92 Å². The molecule has 1 aromatic carbocycles. The summed E-state index contributed by atoms with van der Waals surface area (Å²) in [7, 11) is -4.27. The number of rotatable bonds is 4. The lowest BCUT2D eigenvalue weighted by Gasteiger charge is -2.13. The number of aromatic nitrogens is 1. The van der Waals surface area contributed by atoms with E-state index in [4.69, 9.17) is 17.4 Å². The predicted octanol–water partition coefficient (Wildman–Crippen LogP) is 2.48. The first-order valence-corrected chi connectivity index (χ1v) is 9.57. The zero-order chi connectivity index (χ0) is 21.1. The molecule has 0 aliphatic rings. The number of guanidine groups is 1. The first-order valence-electron chi connectivity index (χ1n) is 7.31. The largest absolute Gasteiger partial charge is 0.433 e. The first kappa shape index (κ1) is 22.1. The molecule has 0 saturated carbocycles. The minimum Gasteiger partial charge on any atom is -0.292 e. The van der Waals surface area contributed by atoms with Crippen LogP contribution < -0.4 is 22.1 Å². The van der Waals surface area contributed by atoms with E-state index in [1.165, 1.54) is 18.2 Å². The SMILES string of the molecule is Cc1cc(S(=O)(=O)/N=C(/NN)NNc2cccc(C(F)(F)F)n2)c(S)cc1Cl. The van der Waals surface area contributed by atoms with E-state index in [-0.39, 0.29) is 15.6 Å². The lowest BCUT2D eigenvalue weighted by molar-refractivity contribution is -0.141. The number of nitrogens with zero attached hydrogens (tertiary/aromatic N) is 2. The predicted molar refractivity (Wildman–Crippen MR) is 101 cm³/mol. The average Bonchev–Trinajstić information content (AvgIpc) is 2.61. The fourth-order valence-electron chi connectivity index (χ4n) is 1.89. The Kier molecular flexibility index (Phi) is 6.64. The summed E-state index contributed by atoms with van der Waals surface area (Å²) in [6, 6.07) is 5.74. The normalized spacial score (nSPS) is 12.6. The number of alkyl halides is 3. The Bertz CT molecular complexity index is 1010. The summed E-state index contributed by atoms with van der Waals surface area (Å²) in [6.07, 6.45) is -4.64. The van der Waals surface area contributed by atoms with Gasteiger partial charge >= 0.3 is 6.18 Å². The lowest BCUT2D eigenvalue weighted by Crippen LogP contribution is -2.44. The maximum absolute atomic E-state index is 12.7. The van der Waals surface area contributed by atoms with Crippen molar-refractivity contribution >= 4 is 46.0 Å². The Morgan fingerprint density at radius 3 is 2.61 bits per heavy atom. The van der Waals surface area contributed by atoms with Crippen LogP contribution in [0.5, 0.6) is 0 Å². The van der Waals surface area contributed by atoms with Gasteiger partial charge in [0.2, 0.25) is 5.96 Å². The van der Waals surface area contributed by atoms with E-state index in [1.807, 2.05) is 5.43 Å². The van der Waals surface area contributed by atoms with Gasteiger partial charge in [-0.3, -0.25) is 16.3 Å². The highest BCUT2D eigenvalue weighted by atomic mass is 35.5. The molecule has 2 aromatic rings. The van der Waals surface area contributed by atoms with Gasteiger partial charge in [0, 0.05) is 9.92 Å². The molecule has 0 unspecified atom stereocenters. The van der Waals surface area contributed by atoms with Gasteiger partial charge in [-0.25, -0.2) is 10.8 Å². The molecule has 0 aliphatic carbocycles. The monoisotopic (exact) mass is 454 g/mol. The molecule has 0 saturated heterocycles. The third-order valence-electron chi connectivity index (χ3n) is 3.21. The Hall–Kier alpha value is -2.22. The van der Waals surface area contributed by atoms with Gasteiger partial charge in [0.25, 0.3) is 10.0 Å². The number of hydrogen-bond donors (Lipinski definition) is 5. The van der Waals surface area contributed by atoms with Gasteiger partial charge in [-0.2, -0.15) is 21.6 Å².